The third-order valence-electron chi connectivity index (χ3n) is 5.29. The number of amides is 2. The molecular formula is C25H34N3O7P. The number of rotatable bonds is 13. The Morgan fingerprint density at radius 2 is 1.47 bits per heavy atom. The van der Waals surface area contributed by atoms with Crippen LogP contribution in [0.3, 0.4) is 0 Å². The lowest BCUT2D eigenvalue weighted by molar-refractivity contribution is -0.141. The summed E-state index contributed by atoms with van der Waals surface area (Å²) >= 11 is 0. The van der Waals surface area contributed by atoms with Gasteiger partial charge in [0.2, 0.25) is 5.91 Å². The maximum atomic E-state index is 13.5. The Kier molecular flexibility index (Phi) is 11.1. The van der Waals surface area contributed by atoms with E-state index >= 15 is 0 Å². The van der Waals surface area contributed by atoms with Crippen LogP contribution in [0.25, 0.3) is 0 Å². The van der Waals surface area contributed by atoms with Gasteiger partial charge < -0.3 is 25.4 Å². The molecule has 5 N–H and O–H groups in total. The molecule has 0 fully saturated rings. The van der Waals surface area contributed by atoms with Crippen LogP contribution in [0, 0.1) is 5.92 Å². The van der Waals surface area contributed by atoms with Gasteiger partial charge in [-0.25, -0.2) is 9.88 Å². The molecule has 0 heterocycles. The van der Waals surface area contributed by atoms with Gasteiger partial charge in [-0.1, -0.05) is 74.5 Å². The highest BCUT2D eigenvalue weighted by Crippen LogP contribution is 2.43. The first-order valence-corrected chi connectivity index (χ1v) is 13.4. The zero-order valence-electron chi connectivity index (χ0n) is 20.6. The fourth-order valence-corrected chi connectivity index (χ4v) is 4.97. The number of alkyl carbamates (subject to hydrolysis) is 1. The van der Waals surface area contributed by atoms with E-state index in [-0.39, 0.29) is 25.4 Å². The van der Waals surface area contributed by atoms with Crippen molar-refractivity contribution in [3.63, 3.8) is 0 Å². The first-order valence-electron chi connectivity index (χ1n) is 11.6. The maximum absolute atomic E-state index is 13.5. The van der Waals surface area contributed by atoms with Crippen molar-refractivity contribution in [2.45, 2.75) is 58.1 Å². The highest BCUT2D eigenvalue weighted by molar-refractivity contribution is 7.56. The molecule has 2 rings (SSSR count). The van der Waals surface area contributed by atoms with Gasteiger partial charge in [0.15, 0.2) is 0 Å². The molecule has 0 aliphatic carbocycles. The molecule has 196 valence electrons. The third-order valence-corrected chi connectivity index (χ3v) is 7.12. The minimum Gasteiger partial charge on any atom is -0.480 e. The number of carboxylic acids is 1. The van der Waals surface area contributed by atoms with Gasteiger partial charge in [-0.05, 0) is 30.4 Å². The molecule has 2 aromatic rings. The monoisotopic (exact) mass is 519 g/mol. The Hall–Kier alpha value is -3.20. The van der Waals surface area contributed by atoms with Crippen LogP contribution in [0.4, 0.5) is 4.79 Å². The highest BCUT2D eigenvalue weighted by atomic mass is 31.2. The summed E-state index contributed by atoms with van der Waals surface area (Å²) < 4.78 is 18.8. The lowest BCUT2D eigenvalue weighted by Gasteiger charge is -2.29. The molecule has 1 unspecified atom stereocenters. The Morgan fingerprint density at radius 1 is 0.917 bits per heavy atom. The average Bonchev–Trinajstić information content (AvgIpc) is 2.82. The quantitative estimate of drug-likeness (QED) is 0.253. The molecule has 2 aromatic carbocycles. The van der Waals surface area contributed by atoms with E-state index in [9.17, 15) is 23.8 Å². The molecule has 36 heavy (non-hydrogen) atoms. The number of hydrogen-bond acceptors (Lipinski definition) is 5. The van der Waals surface area contributed by atoms with Crippen molar-refractivity contribution in [2.75, 3.05) is 0 Å². The van der Waals surface area contributed by atoms with Gasteiger partial charge in [0, 0.05) is 6.42 Å². The van der Waals surface area contributed by atoms with Crippen LogP contribution in [0.1, 0.15) is 38.3 Å². The molecule has 4 atom stereocenters. The maximum Gasteiger partial charge on any atom is 0.408 e. The predicted octanol–water partition coefficient (Wildman–Crippen LogP) is 3.26. The Morgan fingerprint density at radius 3 is 2.00 bits per heavy atom. The van der Waals surface area contributed by atoms with E-state index in [2.05, 4.69) is 15.7 Å². The van der Waals surface area contributed by atoms with Gasteiger partial charge in [-0.2, -0.15) is 0 Å². The number of carboxylic acid groups (broad SMARTS) is 1. The van der Waals surface area contributed by atoms with E-state index < -0.39 is 43.4 Å². The lowest BCUT2D eigenvalue weighted by Crippen LogP contribution is -2.50. The average molecular weight is 520 g/mol. The minimum absolute atomic E-state index is 0.0103. The number of carbonyl (C=O) groups excluding carboxylic acids is 2. The number of ether oxygens (including phenoxy) is 1. The molecule has 0 aliphatic heterocycles. The second-order valence-electron chi connectivity index (χ2n) is 8.91. The predicted molar refractivity (Wildman–Crippen MR) is 135 cm³/mol. The zero-order chi connectivity index (χ0) is 26.7. The molecule has 11 heteroatoms. The number of hydrogen-bond donors (Lipinski definition) is 5. The molecule has 0 spiro atoms. The van der Waals surface area contributed by atoms with Crippen molar-refractivity contribution in [3.05, 3.63) is 71.8 Å². The van der Waals surface area contributed by atoms with Gasteiger partial charge in [0.05, 0.1) is 6.04 Å². The van der Waals surface area contributed by atoms with Gasteiger partial charge in [0.25, 0.3) is 7.52 Å². The second kappa shape index (κ2) is 13.8. The van der Waals surface area contributed by atoms with Crippen LogP contribution in [0.5, 0.6) is 0 Å². The van der Waals surface area contributed by atoms with E-state index in [0.717, 1.165) is 5.56 Å². The summed E-state index contributed by atoms with van der Waals surface area (Å²) in [4.78, 5) is 47.5. The third kappa shape index (κ3) is 9.81. The SMILES string of the molecule is CC(C)C[C@H](NP(=O)(O)[C@H](Cc1ccccc1)NC(=O)OCc1ccccc1)C(=O)N[C@@H](C)C(=O)O. The van der Waals surface area contributed by atoms with Gasteiger partial charge in [-0.3, -0.25) is 14.2 Å². The molecule has 10 nitrogen and oxygen atoms in total. The molecule has 0 aromatic heterocycles. The molecule has 0 saturated heterocycles. The van der Waals surface area contributed by atoms with Crippen molar-refractivity contribution in [1.82, 2.24) is 15.7 Å². The first kappa shape index (κ1) is 29.0. The van der Waals surface area contributed by atoms with Gasteiger partial charge in [0.1, 0.15) is 18.4 Å². The summed E-state index contributed by atoms with van der Waals surface area (Å²) in [5, 5.41) is 16.4. The topological polar surface area (TPSA) is 154 Å². The van der Waals surface area contributed by atoms with Crippen LogP contribution < -0.4 is 15.7 Å². The van der Waals surface area contributed by atoms with Crippen LogP contribution in [0.15, 0.2) is 60.7 Å². The van der Waals surface area contributed by atoms with Crippen molar-refractivity contribution in [3.8, 4) is 0 Å². The summed E-state index contributed by atoms with van der Waals surface area (Å²) in [6.45, 7) is 4.92. The van der Waals surface area contributed by atoms with Crippen molar-refractivity contribution >= 4 is 25.5 Å². The van der Waals surface area contributed by atoms with Crippen molar-refractivity contribution < 1.29 is 33.7 Å². The van der Waals surface area contributed by atoms with E-state index in [1.54, 1.807) is 54.6 Å². The Bertz CT molecular complexity index is 1050. The largest absolute Gasteiger partial charge is 0.480 e. The summed E-state index contributed by atoms with van der Waals surface area (Å²) in [7, 11) is -4.42. The molecule has 0 bridgehead atoms. The number of benzene rings is 2. The molecule has 0 aliphatic rings. The lowest BCUT2D eigenvalue weighted by atomic mass is 10.0. The number of aliphatic carboxylic acids is 1. The Labute approximate surface area is 211 Å². The van der Waals surface area contributed by atoms with Crippen LogP contribution in [-0.2, 0) is 31.9 Å². The van der Waals surface area contributed by atoms with E-state index in [0.29, 0.717) is 5.56 Å². The van der Waals surface area contributed by atoms with E-state index in [4.69, 9.17) is 9.84 Å². The smallest absolute Gasteiger partial charge is 0.408 e. The fourth-order valence-electron chi connectivity index (χ4n) is 3.38. The molecule has 0 radical (unpaired) electrons. The standard InChI is InChI=1S/C25H34N3O7P/c1-17(2)14-21(23(29)26-18(3)24(30)31)28-36(33,34)22(15-19-10-6-4-7-11-19)27-25(32)35-16-20-12-8-5-9-13-20/h4-13,17-18,21-22H,14-16H2,1-3H3,(H,26,29)(H,27,32)(H,30,31)(H2,28,33,34)/t18-,21-,22+/m0/s1. The second-order valence-corrected chi connectivity index (χ2v) is 11.0. The summed E-state index contributed by atoms with van der Waals surface area (Å²) in [6.07, 6.45) is -0.733. The summed E-state index contributed by atoms with van der Waals surface area (Å²) in [6, 6.07) is 15.4. The Balaban J connectivity index is 2.21. The van der Waals surface area contributed by atoms with Crippen LogP contribution >= 0.6 is 7.52 Å². The van der Waals surface area contributed by atoms with Crippen LogP contribution in [-0.4, -0.2) is 45.8 Å². The normalized spacial score (nSPS) is 15.2. The zero-order valence-corrected chi connectivity index (χ0v) is 21.5. The first-order chi connectivity index (χ1) is 17.0. The minimum atomic E-state index is -4.42. The summed E-state index contributed by atoms with van der Waals surface area (Å²) in [5.41, 5.74) is 1.44. The number of nitrogens with one attached hydrogen (secondary N) is 3. The molecular weight excluding hydrogens is 485 g/mol. The molecule has 0 saturated carbocycles. The molecule has 2 amide bonds. The highest BCUT2D eigenvalue weighted by Gasteiger charge is 2.37. The van der Waals surface area contributed by atoms with Gasteiger partial charge in [-0.15, -0.1) is 0 Å². The van der Waals surface area contributed by atoms with Crippen LogP contribution in [0.2, 0.25) is 0 Å². The van der Waals surface area contributed by atoms with Gasteiger partial charge >= 0.3 is 12.1 Å². The van der Waals surface area contributed by atoms with Crippen molar-refractivity contribution in [1.29, 1.82) is 0 Å². The van der Waals surface area contributed by atoms with E-state index in [1.165, 1.54) is 6.92 Å². The van der Waals surface area contributed by atoms with E-state index in [1.807, 2.05) is 19.9 Å². The summed E-state index contributed by atoms with van der Waals surface area (Å²) in [5.74, 6) is -3.33. The fraction of sp³-hybridized carbons (Fsp3) is 0.400. The van der Waals surface area contributed by atoms with Crippen molar-refractivity contribution in [2.24, 2.45) is 5.92 Å². The number of carbonyl (C=O) groups is 3.